The standard InChI is InChI=1S/C28H31N3O5/c32-26(33)24-15-16-29(24)27(34)30(19-13-14-19)25-20-9-4-5-11-22(20)31(23-12-6-10-21(23)25)28(35)36-17-18-7-2-1-3-8-18/h1-5,7-9,11,19,21,23-25H,6,10,12-17H2,(H,32,33). The SMILES string of the molecule is O=C(O)C1CCN1C(=O)N(C1CC1)C1c2ccccc2N(C(=O)OCc2ccccc2)C2CCCC21. The van der Waals surface area contributed by atoms with Crippen molar-refractivity contribution in [3.05, 3.63) is 65.7 Å². The minimum absolute atomic E-state index is 0.0612. The van der Waals surface area contributed by atoms with Crippen molar-refractivity contribution in [1.82, 2.24) is 9.80 Å². The molecule has 2 aromatic rings. The Hall–Kier alpha value is -3.55. The Morgan fingerprint density at radius 3 is 2.39 bits per heavy atom. The maximum Gasteiger partial charge on any atom is 0.414 e. The fourth-order valence-corrected chi connectivity index (χ4v) is 6.28. The number of carbonyl (C=O) groups excluding carboxylic acids is 2. The van der Waals surface area contributed by atoms with Crippen LogP contribution >= 0.6 is 0 Å². The predicted octanol–water partition coefficient (Wildman–Crippen LogP) is 4.80. The summed E-state index contributed by atoms with van der Waals surface area (Å²) in [6.45, 7) is 0.677. The number of fused-ring (bicyclic) bond motifs is 2. The number of urea groups is 1. The van der Waals surface area contributed by atoms with Gasteiger partial charge in [-0.1, -0.05) is 55.0 Å². The van der Waals surface area contributed by atoms with E-state index in [1.54, 1.807) is 0 Å². The number of ether oxygens (including phenoxy) is 1. The van der Waals surface area contributed by atoms with Gasteiger partial charge in [-0.3, -0.25) is 4.90 Å². The molecular weight excluding hydrogens is 458 g/mol. The molecular formula is C28H31N3O5. The van der Waals surface area contributed by atoms with Gasteiger partial charge in [0.05, 0.1) is 11.7 Å². The van der Waals surface area contributed by atoms with Crippen LogP contribution in [0.15, 0.2) is 54.6 Å². The van der Waals surface area contributed by atoms with E-state index < -0.39 is 12.0 Å². The summed E-state index contributed by atoms with van der Waals surface area (Å²) in [5, 5.41) is 9.57. The number of hydrogen-bond donors (Lipinski definition) is 1. The maximum atomic E-state index is 13.8. The summed E-state index contributed by atoms with van der Waals surface area (Å²) in [6.07, 6.45) is 4.71. The Morgan fingerprint density at radius 2 is 1.69 bits per heavy atom. The number of para-hydroxylation sites is 1. The second kappa shape index (κ2) is 9.15. The molecule has 1 saturated heterocycles. The molecule has 2 aliphatic heterocycles. The molecule has 4 aliphatic rings. The van der Waals surface area contributed by atoms with Crippen molar-refractivity contribution in [3.63, 3.8) is 0 Å². The van der Waals surface area contributed by atoms with Crippen molar-refractivity contribution in [3.8, 4) is 0 Å². The van der Waals surface area contributed by atoms with Crippen LogP contribution in [0.1, 0.15) is 55.7 Å². The molecule has 2 aromatic carbocycles. The van der Waals surface area contributed by atoms with E-state index >= 15 is 0 Å². The molecule has 0 aromatic heterocycles. The van der Waals surface area contributed by atoms with Crippen LogP contribution in [-0.2, 0) is 16.1 Å². The van der Waals surface area contributed by atoms with Crippen LogP contribution in [0.25, 0.3) is 0 Å². The number of nitrogens with zero attached hydrogens (tertiary/aromatic N) is 3. The molecule has 4 atom stereocenters. The number of aliphatic carboxylic acids is 1. The Labute approximate surface area is 210 Å². The van der Waals surface area contributed by atoms with E-state index in [-0.39, 0.29) is 42.8 Å². The van der Waals surface area contributed by atoms with Gasteiger partial charge in [-0.2, -0.15) is 0 Å². The molecule has 4 unspecified atom stereocenters. The number of anilines is 1. The Kier molecular flexibility index (Phi) is 5.82. The summed E-state index contributed by atoms with van der Waals surface area (Å²) in [6, 6.07) is 16.4. The summed E-state index contributed by atoms with van der Waals surface area (Å²) in [5.41, 5.74) is 2.68. The van der Waals surface area contributed by atoms with Gasteiger partial charge in [0.2, 0.25) is 0 Å². The van der Waals surface area contributed by atoms with Crippen LogP contribution in [0.4, 0.5) is 15.3 Å². The fraction of sp³-hybridized carbons (Fsp3) is 0.464. The van der Waals surface area contributed by atoms with E-state index in [0.29, 0.717) is 13.0 Å². The zero-order valence-corrected chi connectivity index (χ0v) is 20.2. The largest absolute Gasteiger partial charge is 0.480 e. The summed E-state index contributed by atoms with van der Waals surface area (Å²) >= 11 is 0. The monoisotopic (exact) mass is 489 g/mol. The molecule has 2 aliphatic carbocycles. The maximum absolute atomic E-state index is 13.8. The van der Waals surface area contributed by atoms with Gasteiger partial charge < -0.3 is 19.6 Å². The zero-order chi connectivity index (χ0) is 24.8. The van der Waals surface area contributed by atoms with Crippen molar-refractivity contribution in [2.75, 3.05) is 11.4 Å². The third-order valence-corrected chi connectivity index (χ3v) is 8.20. The quantitative estimate of drug-likeness (QED) is 0.652. The molecule has 0 radical (unpaired) electrons. The van der Waals surface area contributed by atoms with Gasteiger partial charge in [0.15, 0.2) is 0 Å². The minimum Gasteiger partial charge on any atom is -0.480 e. The van der Waals surface area contributed by atoms with E-state index in [4.69, 9.17) is 4.74 Å². The minimum atomic E-state index is -0.944. The molecule has 2 saturated carbocycles. The Bertz CT molecular complexity index is 1170. The molecule has 8 heteroatoms. The average Bonchev–Trinajstić information content (AvgIpc) is 3.57. The second-order valence-electron chi connectivity index (χ2n) is 10.3. The smallest absolute Gasteiger partial charge is 0.414 e. The zero-order valence-electron chi connectivity index (χ0n) is 20.2. The van der Waals surface area contributed by atoms with Gasteiger partial charge >= 0.3 is 18.1 Å². The number of hydrogen-bond acceptors (Lipinski definition) is 4. The van der Waals surface area contributed by atoms with E-state index in [1.807, 2.05) is 64.4 Å². The summed E-state index contributed by atoms with van der Waals surface area (Å²) in [7, 11) is 0. The van der Waals surface area contributed by atoms with Crippen LogP contribution in [0.3, 0.4) is 0 Å². The number of benzene rings is 2. The van der Waals surface area contributed by atoms with Crippen LogP contribution in [0, 0.1) is 5.92 Å². The molecule has 0 bridgehead atoms. The fourth-order valence-electron chi connectivity index (χ4n) is 6.28. The van der Waals surface area contributed by atoms with Crippen molar-refractivity contribution in [2.24, 2.45) is 5.92 Å². The summed E-state index contributed by atoms with van der Waals surface area (Å²) in [5.74, 6) is -0.862. The number of rotatable bonds is 5. The molecule has 1 N–H and O–H groups in total. The van der Waals surface area contributed by atoms with Crippen LogP contribution in [0.2, 0.25) is 0 Å². The normalized spacial score (nSPS) is 26.4. The molecule has 3 fully saturated rings. The Morgan fingerprint density at radius 1 is 0.944 bits per heavy atom. The van der Waals surface area contributed by atoms with Crippen molar-refractivity contribution >= 4 is 23.8 Å². The molecule has 36 heavy (non-hydrogen) atoms. The summed E-state index contributed by atoms with van der Waals surface area (Å²) in [4.78, 5) is 44.2. The average molecular weight is 490 g/mol. The highest BCUT2D eigenvalue weighted by atomic mass is 16.6. The van der Waals surface area contributed by atoms with Crippen LogP contribution in [0.5, 0.6) is 0 Å². The molecule has 3 amide bonds. The van der Waals surface area contributed by atoms with Crippen molar-refractivity contribution in [1.29, 1.82) is 0 Å². The molecule has 0 spiro atoms. The second-order valence-corrected chi connectivity index (χ2v) is 10.3. The van der Waals surface area contributed by atoms with Crippen molar-refractivity contribution < 1.29 is 24.2 Å². The number of likely N-dealkylation sites (tertiary alicyclic amines) is 1. The lowest BCUT2D eigenvalue weighted by molar-refractivity contribution is -0.146. The van der Waals surface area contributed by atoms with Gasteiger partial charge in [-0.15, -0.1) is 0 Å². The first-order valence-corrected chi connectivity index (χ1v) is 12.9. The third kappa shape index (κ3) is 3.88. The first-order chi connectivity index (χ1) is 17.5. The van der Waals surface area contributed by atoms with E-state index in [0.717, 1.165) is 48.9 Å². The van der Waals surface area contributed by atoms with E-state index in [1.165, 1.54) is 4.90 Å². The van der Waals surface area contributed by atoms with Crippen molar-refractivity contribution in [2.45, 2.75) is 69.3 Å². The topological polar surface area (TPSA) is 90.4 Å². The number of carboxylic acid groups (broad SMARTS) is 1. The Balaban J connectivity index is 1.33. The number of carboxylic acids is 1. The number of amides is 3. The van der Waals surface area contributed by atoms with Gasteiger partial charge in [0.1, 0.15) is 12.6 Å². The predicted molar refractivity (Wildman–Crippen MR) is 132 cm³/mol. The van der Waals surface area contributed by atoms with E-state index in [2.05, 4.69) is 0 Å². The summed E-state index contributed by atoms with van der Waals surface area (Å²) < 4.78 is 5.77. The molecule has 6 rings (SSSR count). The highest BCUT2D eigenvalue weighted by Crippen LogP contribution is 2.53. The first-order valence-electron chi connectivity index (χ1n) is 12.9. The third-order valence-electron chi connectivity index (χ3n) is 8.20. The lowest BCUT2D eigenvalue weighted by Gasteiger charge is -2.49. The highest BCUT2D eigenvalue weighted by Gasteiger charge is 2.53. The lowest BCUT2D eigenvalue weighted by Crippen LogP contribution is -2.61. The molecule has 188 valence electrons. The van der Waals surface area contributed by atoms with Gasteiger partial charge in [-0.25, -0.2) is 14.4 Å². The highest BCUT2D eigenvalue weighted by molar-refractivity contribution is 5.91. The first kappa shape index (κ1) is 22.9. The van der Waals surface area contributed by atoms with Gasteiger partial charge in [-0.05, 0) is 49.3 Å². The molecule has 8 nitrogen and oxygen atoms in total. The lowest BCUT2D eigenvalue weighted by atomic mass is 9.81. The van der Waals surface area contributed by atoms with Gasteiger partial charge in [0, 0.05) is 24.5 Å². The molecule has 2 heterocycles. The van der Waals surface area contributed by atoms with Gasteiger partial charge in [0.25, 0.3) is 0 Å². The van der Waals surface area contributed by atoms with E-state index in [9.17, 15) is 19.5 Å². The number of carbonyl (C=O) groups is 3. The van der Waals surface area contributed by atoms with Crippen LogP contribution < -0.4 is 4.90 Å². The van der Waals surface area contributed by atoms with Crippen LogP contribution in [-0.4, -0.2) is 57.7 Å².